The molecule has 0 saturated carbocycles. The molecule has 0 heterocycles. The van der Waals surface area contributed by atoms with Gasteiger partial charge in [0, 0.05) is 6.26 Å². The maximum absolute atomic E-state index is 11.6. The van der Waals surface area contributed by atoms with Gasteiger partial charge in [-0.2, -0.15) is 0 Å². The summed E-state index contributed by atoms with van der Waals surface area (Å²) in [5.74, 6) is 0.663. The van der Waals surface area contributed by atoms with Gasteiger partial charge in [-0.3, -0.25) is 0 Å². The van der Waals surface area contributed by atoms with Gasteiger partial charge < -0.3 is 9.84 Å². The van der Waals surface area contributed by atoms with Crippen molar-refractivity contribution in [2.75, 3.05) is 13.4 Å². The molecule has 0 radical (unpaired) electrons. The molecule has 0 bridgehead atoms. The Hall–Kier alpha value is -1.37. The number of benzene rings is 2. The second kappa shape index (κ2) is 6.17. The zero-order valence-electron chi connectivity index (χ0n) is 11.6. The van der Waals surface area contributed by atoms with Gasteiger partial charge in [-0.25, -0.2) is 8.42 Å². The summed E-state index contributed by atoms with van der Waals surface area (Å²) in [5.41, 5.74) is 1.17. The Balaban J connectivity index is 2.40. The van der Waals surface area contributed by atoms with Crippen molar-refractivity contribution in [2.24, 2.45) is 0 Å². The Morgan fingerprint density at radius 1 is 1.14 bits per heavy atom. The van der Waals surface area contributed by atoms with E-state index in [0.717, 1.165) is 10.7 Å². The third-order valence-corrected chi connectivity index (χ3v) is 4.82. The molecule has 0 spiro atoms. The monoisotopic (exact) mass is 370 g/mol. The molecule has 4 nitrogen and oxygen atoms in total. The zero-order chi connectivity index (χ0) is 15.6. The minimum atomic E-state index is -3.30. The number of hydrogen-bond donors (Lipinski definition) is 1. The first kappa shape index (κ1) is 16.0. The van der Waals surface area contributed by atoms with Gasteiger partial charge in [-0.1, -0.05) is 18.2 Å². The molecule has 0 aliphatic heterocycles. The van der Waals surface area contributed by atoms with Crippen LogP contribution >= 0.6 is 15.9 Å². The molecule has 0 aromatic heterocycles. The van der Waals surface area contributed by atoms with Crippen LogP contribution in [0.5, 0.6) is 5.75 Å². The Labute approximate surface area is 132 Å². The average molecular weight is 371 g/mol. The summed E-state index contributed by atoms with van der Waals surface area (Å²) in [7, 11) is -1.74. The van der Waals surface area contributed by atoms with E-state index in [1.54, 1.807) is 37.4 Å². The third-order valence-electron chi connectivity index (χ3n) is 3.09. The van der Waals surface area contributed by atoms with Gasteiger partial charge in [0.1, 0.15) is 11.9 Å². The van der Waals surface area contributed by atoms with Crippen LogP contribution in [-0.4, -0.2) is 26.9 Å². The minimum Gasteiger partial charge on any atom is -0.496 e. The normalized spacial score (nSPS) is 13.0. The molecule has 0 aliphatic rings. The first-order chi connectivity index (χ1) is 9.82. The summed E-state index contributed by atoms with van der Waals surface area (Å²) in [5, 5.41) is 10.4. The first-order valence-electron chi connectivity index (χ1n) is 6.14. The summed E-state index contributed by atoms with van der Waals surface area (Å²) in [6.45, 7) is 0. The van der Waals surface area contributed by atoms with Crippen LogP contribution in [0, 0.1) is 0 Å². The summed E-state index contributed by atoms with van der Waals surface area (Å²) in [4.78, 5) is 0.187. The Morgan fingerprint density at radius 3 is 2.38 bits per heavy atom. The Kier molecular flexibility index (Phi) is 4.70. The zero-order valence-corrected chi connectivity index (χ0v) is 14.0. The number of sulfone groups is 1. The molecule has 2 aromatic rings. The summed E-state index contributed by atoms with van der Waals surface area (Å²) in [6, 6.07) is 11.5. The van der Waals surface area contributed by atoms with E-state index < -0.39 is 15.9 Å². The maximum Gasteiger partial charge on any atom is 0.175 e. The van der Waals surface area contributed by atoms with Crippen LogP contribution in [0.2, 0.25) is 0 Å². The number of aliphatic hydroxyl groups excluding tert-OH is 1. The lowest BCUT2D eigenvalue weighted by Crippen LogP contribution is -2.03. The van der Waals surface area contributed by atoms with E-state index in [0.29, 0.717) is 16.9 Å². The van der Waals surface area contributed by atoms with E-state index in [2.05, 4.69) is 15.9 Å². The molecule has 1 unspecified atom stereocenters. The molecular weight excluding hydrogens is 356 g/mol. The van der Waals surface area contributed by atoms with Crippen molar-refractivity contribution in [3.05, 3.63) is 58.1 Å². The highest BCUT2D eigenvalue weighted by Gasteiger charge is 2.15. The number of ether oxygens (including phenoxy) is 1. The molecule has 1 N–H and O–H groups in total. The SMILES string of the molecule is COc1ccc(C(O)c2cccc(S(C)(=O)=O)c2)cc1Br. The summed E-state index contributed by atoms with van der Waals surface area (Å²) >= 11 is 3.36. The lowest BCUT2D eigenvalue weighted by Gasteiger charge is -2.14. The van der Waals surface area contributed by atoms with E-state index in [1.165, 1.54) is 12.1 Å². The molecule has 0 amide bonds. The number of halogens is 1. The molecular formula is C15H15BrO4S. The molecule has 2 rings (SSSR count). The Bertz CT molecular complexity index is 756. The third kappa shape index (κ3) is 3.64. The van der Waals surface area contributed by atoms with Crippen molar-refractivity contribution in [2.45, 2.75) is 11.0 Å². The van der Waals surface area contributed by atoms with Gasteiger partial charge >= 0.3 is 0 Å². The quantitative estimate of drug-likeness (QED) is 0.898. The average Bonchev–Trinajstić information content (AvgIpc) is 2.45. The highest BCUT2D eigenvalue weighted by atomic mass is 79.9. The highest BCUT2D eigenvalue weighted by Crippen LogP contribution is 2.31. The lowest BCUT2D eigenvalue weighted by atomic mass is 10.0. The van der Waals surface area contributed by atoms with Crippen LogP contribution in [-0.2, 0) is 9.84 Å². The Morgan fingerprint density at radius 2 is 1.81 bits per heavy atom. The van der Waals surface area contributed by atoms with Crippen molar-refractivity contribution in [1.29, 1.82) is 0 Å². The van der Waals surface area contributed by atoms with Crippen molar-refractivity contribution in [3.63, 3.8) is 0 Å². The predicted octanol–water partition coefficient (Wildman–Crippen LogP) is 2.94. The van der Waals surface area contributed by atoms with Crippen LogP contribution in [0.1, 0.15) is 17.2 Å². The van der Waals surface area contributed by atoms with Crippen molar-refractivity contribution in [3.8, 4) is 5.75 Å². The van der Waals surface area contributed by atoms with Crippen molar-refractivity contribution in [1.82, 2.24) is 0 Å². The maximum atomic E-state index is 11.6. The molecule has 0 fully saturated rings. The summed E-state index contributed by atoms with van der Waals surface area (Å²) in [6.07, 6.45) is 0.233. The van der Waals surface area contributed by atoms with Crippen LogP contribution in [0.15, 0.2) is 51.8 Å². The minimum absolute atomic E-state index is 0.187. The molecule has 2 aromatic carbocycles. The number of aliphatic hydroxyl groups is 1. The van der Waals surface area contributed by atoms with Gasteiger partial charge in [0.15, 0.2) is 9.84 Å². The molecule has 1 atom stereocenters. The molecule has 0 aliphatic carbocycles. The molecule has 6 heteroatoms. The van der Waals surface area contributed by atoms with E-state index in [1.807, 2.05) is 0 Å². The molecule has 0 saturated heterocycles. The van der Waals surface area contributed by atoms with Gasteiger partial charge in [-0.15, -0.1) is 0 Å². The van der Waals surface area contributed by atoms with Gasteiger partial charge in [-0.05, 0) is 51.3 Å². The highest BCUT2D eigenvalue weighted by molar-refractivity contribution is 9.10. The fourth-order valence-electron chi connectivity index (χ4n) is 1.96. The first-order valence-corrected chi connectivity index (χ1v) is 8.83. The molecule has 112 valence electrons. The molecule has 21 heavy (non-hydrogen) atoms. The summed E-state index contributed by atoms with van der Waals surface area (Å²) < 4.78 is 29.0. The fourth-order valence-corrected chi connectivity index (χ4v) is 3.19. The number of hydrogen-bond acceptors (Lipinski definition) is 4. The number of rotatable bonds is 4. The van der Waals surface area contributed by atoms with Crippen LogP contribution < -0.4 is 4.74 Å². The van der Waals surface area contributed by atoms with Crippen molar-refractivity contribution < 1.29 is 18.3 Å². The van der Waals surface area contributed by atoms with Gasteiger partial charge in [0.25, 0.3) is 0 Å². The largest absolute Gasteiger partial charge is 0.496 e. The smallest absolute Gasteiger partial charge is 0.175 e. The van der Waals surface area contributed by atoms with Crippen LogP contribution in [0.3, 0.4) is 0 Å². The van der Waals surface area contributed by atoms with Crippen molar-refractivity contribution >= 4 is 25.8 Å². The van der Waals surface area contributed by atoms with E-state index >= 15 is 0 Å². The number of methoxy groups -OCH3 is 1. The van der Waals surface area contributed by atoms with E-state index in [4.69, 9.17) is 4.74 Å². The van der Waals surface area contributed by atoms with Crippen LogP contribution in [0.25, 0.3) is 0 Å². The van der Waals surface area contributed by atoms with E-state index in [9.17, 15) is 13.5 Å². The fraction of sp³-hybridized carbons (Fsp3) is 0.200. The van der Waals surface area contributed by atoms with Crippen LogP contribution in [0.4, 0.5) is 0 Å². The second-order valence-corrected chi connectivity index (χ2v) is 7.51. The second-order valence-electron chi connectivity index (χ2n) is 4.64. The van der Waals surface area contributed by atoms with Gasteiger partial charge in [0.2, 0.25) is 0 Å². The van der Waals surface area contributed by atoms with Gasteiger partial charge in [0.05, 0.1) is 16.5 Å². The lowest BCUT2D eigenvalue weighted by molar-refractivity contribution is 0.220. The topological polar surface area (TPSA) is 63.6 Å². The predicted molar refractivity (Wildman–Crippen MR) is 84.3 cm³/mol. The van der Waals surface area contributed by atoms with E-state index in [-0.39, 0.29) is 4.90 Å². The standard InChI is InChI=1S/C15H15BrO4S/c1-20-14-7-6-11(9-13(14)16)15(17)10-4-3-5-12(8-10)21(2,18)19/h3-9,15,17H,1-2H3.